The fraction of sp³-hybridized carbons (Fsp3) is 0.867. The van der Waals surface area contributed by atoms with Crippen LogP contribution < -0.4 is 0 Å². The molecule has 1 rings (SSSR count). The maximum Gasteiger partial charge on any atom is 0.411 e. The number of amides is 1. The van der Waals surface area contributed by atoms with Crippen molar-refractivity contribution >= 4 is 11.9 Å². The van der Waals surface area contributed by atoms with Crippen molar-refractivity contribution < 1.29 is 23.8 Å². The molecule has 2 atom stereocenters. The molecule has 0 aromatic rings. The van der Waals surface area contributed by atoms with Crippen LogP contribution in [0.1, 0.15) is 34.1 Å². The first-order valence-corrected chi connectivity index (χ1v) is 7.36. The zero-order chi connectivity index (χ0) is 16.0. The zero-order valence-corrected chi connectivity index (χ0v) is 13.7. The lowest BCUT2D eigenvalue weighted by Crippen LogP contribution is -2.55. The summed E-state index contributed by atoms with van der Waals surface area (Å²) >= 11 is 0. The second kappa shape index (κ2) is 7.75. The normalized spacial score (nSPS) is 21.0. The van der Waals surface area contributed by atoms with Crippen LogP contribution in [0.5, 0.6) is 0 Å². The van der Waals surface area contributed by atoms with Crippen LogP contribution in [0.3, 0.4) is 0 Å². The minimum Gasteiger partial charge on any atom is -0.444 e. The van der Waals surface area contributed by atoms with Crippen molar-refractivity contribution in [3.05, 3.63) is 0 Å². The van der Waals surface area contributed by atoms with E-state index in [9.17, 15) is 9.59 Å². The Labute approximate surface area is 126 Å². The molecule has 0 spiro atoms. The summed E-state index contributed by atoms with van der Waals surface area (Å²) in [5.74, 6) is -0.181. The van der Waals surface area contributed by atoms with E-state index in [2.05, 4.69) is 0 Å². The number of ketones is 1. The highest BCUT2D eigenvalue weighted by atomic mass is 16.6. The minimum atomic E-state index is -0.579. The van der Waals surface area contributed by atoms with Crippen molar-refractivity contribution in [2.45, 2.75) is 45.8 Å². The Hall–Kier alpha value is -1.14. The number of nitrogens with zero attached hydrogens (tertiary/aromatic N) is 1. The molecular formula is C15H27NO5. The lowest BCUT2D eigenvalue weighted by atomic mass is 9.96. The van der Waals surface area contributed by atoms with Gasteiger partial charge < -0.3 is 14.2 Å². The van der Waals surface area contributed by atoms with E-state index in [0.29, 0.717) is 26.2 Å². The number of hydrogen-bond donors (Lipinski definition) is 0. The van der Waals surface area contributed by atoms with Crippen molar-refractivity contribution in [1.29, 1.82) is 0 Å². The third-order valence-corrected chi connectivity index (χ3v) is 3.33. The van der Waals surface area contributed by atoms with Crippen LogP contribution in [0.15, 0.2) is 0 Å². The summed E-state index contributed by atoms with van der Waals surface area (Å²) in [4.78, 5) is 26.2. The summed E-state index contributed by atoms with van der Waals surface area (Å²) < 4.78 is 15.7. The maximum atomic E-state index is 12.5. The van der Waals surface area contributed by atoms with E-state index in [1.165, 1.54) is 4.90 Å². The van der Waals surface area contributed by atoms with Crippen molar-refractivity contribution in [2.75, 3.05) is 33.5 Å². The molecule has 1 saturated heterocycles. The van der Waals surface area contributed by atoms with Crippen LogP contribution in [0, 0.1) is 5.92 Å². The molecule has 0 aliphatic carbocycles. The van der Waals surface area contributed by atoms with Crippen LogP contribution in [0.4, 0.5) is 4.79 Å². The fourth-order valence-electron chi connectivity index (χ4n) is 2.14. The van der Waals surface area contributed by atoms with E-state index in [4.69, 9.17) is 14.2 Å². The van der Waals surface area contributed by atoms with Gasteiger partial charge in [-0.25, -0.2) is 4.79 Å². The number of methoxy groups -OCH3 is 1. The van der Waals surface area contributed by atoms with Gasteiger partial charge in [-0.05, 0) is 27.2 Å². The van der Waals surface area contributed by atoms with Gasteiger partial charge in [0.05, 0.1) is 13.2 Å². The van der Waals surface area contributed by atoms with Gasteiger partial charge in [-0.1, -0.05) is 6.92 Å². The first-order valence-electron chi connectivity index (χ1n) is 7.36. The largest absolute Gasteiger partial charge is 0.444 e. The molecule has 0 N–H and O–H groups in total. The highest BCUT2D eigenvalue weighted by molar-refractivity contribution is 5.89. The molecule has 6 nitrogen and oxygen atoms in total. The van der Waals surface area contributed by atoms with Crippen LogP contribution in [-0.2, 0) is 19.0 Å². The fourth-order valence-corrected chi connectivity index (χ4v) is 2.14. The molecule has 1 aliphatic heterocycles. The molecule has 2 unspecified atom stereocenters. The Balaban J connectivity index is 2.72. The molecule has 0 aromatic heterocycles. The van der Waals surface area contributed by atoms with Gasteiger partial charge in [0.15, 0.2) is 5.78 Å². The summed E-state index contributed by atoms with van der Waals surface area (Å²) in [5.41, 5.74) is -0.579. The van der Waals surface area contributed by atoms with Crippen LogP contribution in [0.25, 0.3) is 0 Å². The number of rotatable bonds is 5. The van der Waals surface area contributed by atoms with Crippen LogP contribution >= 0.6 is 0 Å². The second-order valence-electron chi connectivity index (χ2n) is 6.35. The third-order valence-electron chi connectivity index (χ3n) is 3.33. The van der Waals surface area contributed by atoms with Crippen molar-refractivity contribution in [3.8, 4) is 0 Å². The van der Waals surface area contributed by atoms with Crippen molar-refractivity contribution in [2.24, 2.45) is 5.92 Å². The molecule has 0 radical (unpaired) electrons. The van der Waals surface area contributed by atoms with E-state index >= 15 is 0 Å². The number of Topliss-reactive ketones (excluding diaryl/α,β-unsaturated/α-hetero) is 1. The predicted octanol–water partition coefficient (Wildman–Crippen LogP) is 1.86. The topological polar surface area (TPSA) is 65.1 Å². The number of ether oxygens (including phenoxy) is 3. The SMILES string of the molecule is COCCC(C)C(=O)C1COCCN1C(=O)OC(C)(C)C. The van der Waals surface area contributed by atoms with Gasteiger partial charge in [0.1, 0.15) is 11.6 Å². The van der Waals surface area contributed by atoms with Crippen molar-refractivity contribution in [3.63, 3.8) is 0 Å². The molecule has 1 amide bonds. The average Bonchev–Trinajstić information content (AvgIpc) is 2.42. The molecule has 0 bridgehead atoms. The Bertz CT molecular complexity index is 364. The number of carbonyl (C=O) groups is 2. The highest BCUT2D eigenvalue weighted by Gasteiger charge is 2.36. The van der Waals surface area contributed by atoms with Gasteiger partial charge in [-0.2, -0.15) is 0 Å². The first kappa shape index (κ1) is 17.9. The summed E-state index contributed by atoms with van der Waals surface area (Å²) in [6.45, 7) is 8.83. The zero-order valence-electron chi connectivity index (χ0n) is 13.7. The number of morpholine rings is 1. The number of carbonyl (C=O) groups excluding carboxylic acids is 2. The Morgan fingerprint density at radius 2 is 2.05 bits per heavy atom. The number of hydrogen-bond acceptors (Lipinski definition) is 5. The second-order valence-corrected chi connectivity index (χ2v) is 6.35. The van der Waals surface area contributed by atoms with Crippen molar-refractivity contribution in [1.82, 2.24) is 4.90 Å². The smallest absolute Gasteiger partial charge is 0.411 e. The van der Waals surface area contributed by atoms with E-state index in [1.807, 2.05) is 27.7 Å². The summed E-state index contributed by atoms with van der Waals surface area (Å²) in [5, 5.41) is 0. The molecule has 21 heavy (non-hydrogen) atoms. The molecule has 6 heteroatoms. The first-order chi connectivity index (χ1) is 9.76. The lowest BCUT2D eigenvalue weighted by molar-refractivity contribution is -0.134. The van der Waals surface area contributed by atoms with Gasteiger partial charge in [-0.3, -0.25) is 9.69 Å². The Morgan fingerprint density at radius 1 is 1.38 bits per heavy atom. The summed E-state index contributed by atoms with van der Waals surface area (Å²) in [7, 11) is 1.61. The quantitative estimate of drug-likeness (QED) is 0.775. The maximum absolute atomic E-state index is 12.5. The van der Waals surface area contributed by atoms with Gasteiger partial charge in [0.25, 0.3) is 0 Å². The molecule has 1 heterocycles. The summed E-state index contributed by atoms with van der Waals surface area (Å²) in [6.07, 6.45) is 0.177. The Morgan fingerprint density at radius 3 is 2.62 bits per heavy atom. The molecular weight excluding hydrogens is 274 g/mol. The average molecular weight is 301 g/mol. The standard InChI is InChI=1S/C15H27NO5/c1-11(6-8-19-5)13(17)12-10-20-9-7-16(12)14(18)21-15(2,3)4/h11-12H,6-10H2,1-5H3. The van der Waals surface area contributed by atoms with Gasteiger partial charge in [-0.15, -0.1) is 0 Å². The van der Waals surface area contributed by atoms with Gasteiger partial charge in [0, 0.05) is 26.2 Å². The van der Waals surface area contributed by atoms with Crippen LogP contribution in [0.2, 0.25) is 0 Å². The summed E-state index contributed by atoms with van der Waals surface area (Å²) in [6, 6.07) is -0.569. The van der Waals surface area contributed by atoms with Crippen LogP contribution in [-0.4, -0.2) is 61.9 Å². The van der Waals surface area contributed by atoms with Gasteiger partial charge in [0.2, 0.25) is 0 Å². The molecule has 0 saturated carbocycles. The van der Waals surface area contributed by atoms with E-state index in [1.54, 1.807) is 7.11 Å². The van der Waals surface area contributed by atoms with E-state index < -0.39 is 17.7 Å². The lowest BCUT2D eigenvalue weighted by Gasteiger charge is -2.36. The third kappa shape index (κ3) is 5.63. The molecule has 0 aromatic carbocycles. The van der Waals surface area contributed by atoms with E-state index in [-0.39, 0.29) is 18.3 Å². The molecule has 1 aliphatic rings. The van der Waals surface area contributed by atoms with E-state index in [0.717, 1.165) is 0 Å². The Kier molecular flexibility index (Phi) is 6.61. The molecule has 1 fully saturated rings. The minimum absolute atomic E-state index is 0.00221. The van der Waals surface area contributed by atoms with Gasteiger partial charge >= 0.3 is 6.09 Å². The highest BCUT2D eigenvalue weighted by Crippen LogP contribution is 2.18. The predicted molar refractivity (Wildman–Crippen MR) is 78.2 cm³/mol. The monoisotopic (exact) mass is 301 g/mol. The molecule has 122 valence electrons.